The maximum Gasteiger partial charge on any atom is 0.187 e. The summed E-state index contributed by atoms with van der Waals surface area (Å²) in [5.74, 6) is 2.78. The summed E-state index contributed by atoms with van der Waals surface area (Å²) >= 11 is 0. The van der Waals surface area contributed by atoms with Gasteiger partial charge in [-0.3, -0.25) is 4.90 Å². The fraction of sp³-hybridized carbons (Fsp3) is 0.211. The molecule has 0 amide bonds. The van der Waals surface area contributed by atoms with E-state index < -0.39 is 0 Å². The normalized spacial score (nSPS) is 12.5. The summed E-state index contributed by atoms with van der Waals surface area (Å²) < 4.78 is 11.0. The Labute approximate surface area is 145 Å². The molecule has 1 aromatic heterocycles. The van der Waals surface area contributed by atoms with Gasteiger partial charge in [0.1, 0.15) is 17.9 Å². The van der Waals surface area contributed by atoms with Crippen molar-refractivity contribution in [3.8, 4) is 11.5 Å². The third-order valence-corrected chi connectivity index (χ3v) is 4.21. The van der Waals surface area contributed by atoms with Gasteiger partial charge in [0.25, 0.3) is 0 Å². The van der Waals surface area contributed by atoms with Gasteiger partial charge in [0.05, 0.1) is 25.1 Å². The van der Waals surface area contributed by atoms with E-state index in [1.165, 1.54) is 0 Å². The van der Waals surface area contributed by atoms with Crippen LogP contribution in [0.15, 0.2) is 41.4 Å². The topological polar surface area (TPSA) is 59.8 Å². The van der Waals surface area contributed by atoms with E-state index in [0.717, 1.165) is 34.7 Å². The van der Waals surface area contributed by atoms with Crippen LogP contribution in [0.25, 0.3) is 10.9 Å². The standard InChI is InChI=1S/C19H18N4O2/c1-4-15-21-13-10-14(24-2)18(25-3)17-16(13)19(22-15)23(11-20-17)12-8-6-5-7-9-12/h5-11H,4H2,1-3H3. The number of hydrogen-bond donors (Lipinski definition) is 0. The molecule has 0 unspecified atom stereocenters. The van der Waals surface area contributed by atoms with Gasteiger partial charge in [-0.15, -0.1) is 0 Å². The van der Waals surface area contributed by atoms with Gasteiger partial charge < -0.3 is 9.47 Å². The Balaban J connectivity index is 2.05. The number of anilines is 2. The zero-order valence-corrected chi connectivity index (χ0v) is 14.4. The number of nitrogens with zero attached hydrogens (tertiary/aromatic N) is 4. The lowest BCUT2D eigenvalue weighted by Crippen LogP contribution is -2.19. The average Bonchev–Trinajstić information content (AvgIpc) is 2.68. The van der Waals surface area contributed by atoms with E-state index >= 15 is 0 Å². The molecule has 0 spiro atoms. The summed E-state index contributed by atoms with van der Waals surface area (Å²) in [5, 5.41) is 0.862. The number of hydrogen-bond acceptors (Lipinski definition) is 6. The molecule has 0 atom stereocenters. The molecule has 126 valence electrons. The highest BCUT2D eigenvalue weighted by Gasteiger charge is 2.26. The maximum absolute atomic E-state index is 5.54. The van der Waals surface area contributed by atoms with Crippen molar-refractivity contribution in [2.45, 2.75) is 13.3 Å². The molecule has 0 saturated carbocycles. The van der Waals surface area contributed by atoms with Gasteiger partial charge in [-0.2, -0.15) is 0 Å². The van der Waals surface area contributed by atoms with Crippen molar-refractivity contribution in [3.63, 3.8) is 0 Å². The predicted molar refractivity (Wildman–Crippen MR) is 98.8 cm³/mol. The number of aromatic nitrogens is 2. The molecule has 0 N–H and O–H groups in total. The number of para-hydroxylation sites is 1. The van der Waals surface area contributed by atoms with Crippen molar-refractivity contribution in [2.24, 2.45) is 4.99 Å². The van der Waals surface area contributed by atoms with Gasteiger partial charge in [-0.25, -0.2) is 15.0 Å². The Morgan fingerprint density at radius 1 is 1.04 bits per heavy atom. The minimum atomic E-state index is 0.591. The van der Waals surface area contributed by atoms with Gasteiger partial charge in [0.2, 0.25) is 0 Å². The first-order chi connectivity index (χ1) is 12.3. The maximum atomic E-state index is 5.54. The molecule has 2 heterocycles. The molecule has 4 rings (SSSR count). The predicted octanol–water partition coefficient (Wildman–Crippen LogP) is 4.02. The van der Waals surface area contributed by atoms with Crippen molar-refractivity contribution in [1.82, 2.24) is 9.97 Å². The Bertz CT molecular complexity index is 970. The minimum Gasteiger partial charge on any atom is -0.493 e. The van der Waals surface area contributed by atoms with Crippen LogP contribution in [0, 0.1) is 0 Å². The van der Waals surface area contributed by atoms with Crippen LogP contribution in [0.1, 0.15) is 12.7 Å². The lowest BCUT2D eigenvalue weighted by molar-refractivity contribution is 0.356. The highest BCUT2D eigenvalue weighted by molar-refractivity contribution is 6.11. The zero-order chi connectivity index (χ0) is 17.4. The fourth-order valence-electron chi connectivity index (χ4n) is 3.02. The lowest BCUT2D eigenvalue weighted by atomic mass is 10.1. The molecular formula is C19H18N4O2. The minimum absolute atomic E-state index is 0.591. The third-order valence-electron chi connectivity index (χ3n) is 4.21. The van der Waals surface area contributed by atoms with Crippen molar-refractivity contribution in [2.75, 3.05) is 19.1 Å². The van der Waals surface area contributed by atoms with Crippen LogP contribution in [0.2, 0.25) is 0 Å². The fourth-order valence-corrected chi connectivity index (χ4v) is 3.02. The van der Waals surface area contributed by atoms with Gasteiger partial charge in [0, 0.05) is 18.2 Å². The molecule has 3 aromatic rings. The third kappa shape index (κ3) is 2.38. The van der Waals surface area contributed by atoms with Crippen molar-refractivity contribution in [3.05, 3.63) is 42.2 Å². The first-order valence-electron chi connectivity index (χ1n) is 8.11. The van der Waals surface area contributed by atoms with Crippen molar-refractivity contribution in [1.29, 1.82) is 0 Å². The van der Waals surface area contributed by atoms with Crippen LogP contribution in [0.3, 0.4) is 0 Å². The molecule has 6 nitrogen and oxygen atoms in total. The van der Waals surface area contributed by atoms with E-state index in [2.05, 4.69) is 9.98 Å². The molecule has 0 fully saturated rings. The van der Waals surface area contributed by atoms with Crippen LogP contribution in [0.5, 0.6) is 11.5 Å². The summed E-state index contributed by atoms with van der Waals surface area (Å²) in [4.78, 5) is 16.0. The average molecular weight is 334 g/mol. The van der Waals surface area contributed by atoms with Gasteiger partial charge in [-0.1, -0.05) is 25.1 Å². The van der Waals surface area contributed by atoms with Gasteiger partial charge >= 0.3 is 0 Å². The van der Waals surface area contributed by atoms with E-state index in [1.807, 2.05) is 48.2 Å². The molecule has 1 aliphatic heterocycles. The lowest BCUT2D eigenvalue weighted by Gasteiger charge is -2.26. The Morgan fingerprint density at radius 2 is 1.84 bits per heavy atom. The number of ether oxygens (including phenoxy) is 2. The highest BCUT2D eigenvalue weighted by atomic mass is 16.5. The SMILES string of the molecule is CCc1nc2c3c(c(OC)c(OC)cc3n1)N=CN2c1ccccc1. The molecule has 0 aliphatic carbocycles. The number of benzene rings is 2. The van der Waals surface area contributed by atoms with E-state index in [-0.39, 0.29) is 0 Å². The number of methoxy groups -OCH3 is 2. The van der Waals surface area contributed by atoms with E-state index in [0.29, 0.717) is 17.2 Å². The van der Waals surface area contributed by atoms with Crippen LogP contribution in [-0.2, 0) is 6.42 Å². The molecule has 1 aliphatic rings. The molecule has 6 heteroatoms. The molecule has 0 saturated heterocycles. The summed E-state index contributed by atoms with van der Waals surface area (Å²) in [6.45, 7) is 2.04. The Hall–Kier alpha value is -3.15. The van der Waals surface area contributed by atoms with E-state index in [9.17, 15) is 0 Å². The number of aliphatic imine (C=N–C) groups is 1. The number of rotatable bonds is 4. The first kappa shape index (κ1) is 15.4. The van der Waals surface area contributed by atoms with Crippen molar-refractivity contribution >= 4 is 34.4 Å². The first-order valence-corrected chi connectivity index (χ1v) is 8.11. The van der Waals surface area contributed by atoms with Crippen LogP contribution in [-0.4, -0.2) is 30.5 Å². The van der Waals surface area contributed by atoms with Gasteiger partial charge in [-0.05, 0) is 12.1 Å². The quantitative estimate of drug-likeness (QED) is 0.721. The van der Waals surface area contributed by atoms with Crippen LogP contribution in [0.4, 0.5) is 17.2 Å². The molecule has 2 aromatic carbocycles. The van der Waals surface area contributed by atoms with Crippen LogP contribution >= 0.6 is 0 Å². The molecule has 0 bridgehead atoms. The summed E-state index contributed by atoms with van der Waals surface area (Å²) in [7, 11) is 3.22. The summed E-state index contributed by atoms with van der Waals surface area (Å²) in [5.41, 5.74) is 2.49. The highest BCUT2D eigenvalue weighted by Crippen LogP contribution is 2.48. The van der Waals surface area contributed by atoms with Crippen molar-refractivity contribution < 1.29 is 9.47 Å². The Kier molecular flexibility index (Phi) is 3.72. The van der Waals surface area contributed by atoms with E-state index in [1.54, 1.807) is 20.6 Å². The second-order valence-corrected chi connectivity index (χ2v) is 5.62. The smallest absolute Gasteiger partial charge is 0.187 e. The molecular weight excluding hydrogens is 316 g/mol. The largest absolute Gasteiger partial charge is 0.493 e. The number of aryl methyl sites for hydroxylation is 1. The monoisotopic (exact) mass is 334 g/mol. The van der Waals surface area contributed by atoms with Crippen LogP contribution < -0.4 is 14.4 Å². The summed E-state index contributed by atoms with van der Waals surface area (Å²) in [6, 6.07) is 11.9. The van der Waals surface area contributed by atoms with Gasteiger partial charge in [0.15, 0.2) is 17.3 Å². The second-order valence-electron chi connectivity index (χ2n) is 5.62. The second kappa shape index (κ2) is 6.05. The zero-order valence-electron chi connectivity index (χ0n) is 14.4. The Morgan fingerprint density at radius 3 is 2.52 bits per heavy atom. The summed E-state index contributed by atoms with van der Waals surface area (Å²) in [6.07, 6.45) is 2.51. The van der Waals surface area contributed by atoms with E-state index in [4.69, 9.17) is 14.5 Å². The molecule has 0 radical (unpaired) electrons. The molecule has 25 heavy (non-hydrogen) atoms.